The Kier molecular flexibility index (Phi) is 6.80. The lowest BCUT2D eigenvalue weighted by Crippen LogP contribution is -2.12. The Hall–Kier alpha value is -2.96. The van der Waals surface area contributed by atoms with Crippen molar-refractivity contribution in [3.63, 3.8) is 0 Å². The molecule has 0 atom stereocenters. The van der Waals surface area contributed by atoms with Crippen LogP contribution in [0.25, 0.3) is 17.2 Å². The topological polar surface area (TPSA) is 55.4 Å². The van der Waals surface area contributed by atoms with Gasteiger partial charge in [0, 0.05) is 22.0 Å². The van der Waals surface area contributed by atoms with Crippen LogP contribution in [0.3, 0.4) is 0 Å². The maximum Gasteiger partial charge on any atom is 0.341 e. The Morgan fingerprint density at radius 1 is 1.21 bits per heavy atom. The van der Waals surface area contributed by atoms with E-state index in [0.717, 1.165) is 5.56 Å². The summed E-state index contributed by atoms with van der Waals surface area (Å²) in [4.78, 5) is 24.9. The number of carbonyl (C=O) groups is 2. The third kappa shape index (κ3) is 5.31. The molecule has 0 radical (unpaired) electrons. The van der Waals surface area contributed by atoms with Crippen molar-refractivity contribution in [3.05, 3.63) is 82.0 Å². The molecular weight excluding hydrogens is 413 g/mol. The van der Waals surface area contributed by atoms with Gasteiger partial charge in [-0.05, 0) is 48.4 Å². The minimum atomic E-state index is -0.554. The molecule has 0 fully saturated rings. The van der Waals surface area contributed by atoms with Crippen LogP contribution in [-0.4, -0.2) is 18.5 Å². The van der Waals surface area contributed by atoms with Gasteiger partial charge in [0.25, 0.3) is 0 Å². The Morgan fingerprint density at radius 2 is 1.97 bits per heavy atom. The van der Waals surface area contributed by atoms with Crippen molar-refractivity contribution in [1.82, 2.24) is 0 Å². The highest BCUT2D eigenvalue weighted by Gasteiger charge is 2.22. The summed E-state index contributed by atoms with van der Waals surface area (Å²) in [7, 11) is 0. The zero-order chi connectivity index (χ0) is 20.8. The number of benzene rings is 2. The molecular formula is C22H17ClFNO3S. The fraction of sp³-hybridized carbons (Fsp3) is 0.0909. The van der Waals surface area contributed by atoms with Crippen molar-refractivity contribution in [3.8, 4) is 11.1 Å². The van der Waals surface area contributed by atoms with Gasteiger partial charge in [0.1, 0.15) is 16.4 Å². The molecule has 0 saturated heterocycles. The van der Waals surface area contributed by atoms with Crippen LogP contribution in [0.15, 0.2) is 60.0 Å². The van der Waals surface area contributed by atoms with E-state index in [1.54, 1.807) is 48.7 Å². The molecule has 3 aromatic rings. The van der Waals surface area contributed by atoms with Gasteiger partial charge in [-0.25, -0.2) is 9.18 Å². The van der Waals surface area contributed by atoms with Crippen LogP contribution in [0, 0.1) is 5.82 Å². The van der Waals surface area contributed by atoms with Crippen LogP contribution in [-0.2, 0) is 9.53 Å². The molecule has 3 rings (SSSR count). The monoisotopic (exact) mass is 429 g/mol. The van der Waals surface area contributed by atoms with Crippen molar-refractivity contribution in [1.29, 1.82) is 0 Å². The largest absolute Gasteiger partial charge is 0.462 e. The minimum Gasteiger partial charge on any atom is -0.462 e. The number of esters is 1. The summed E-state index contributed by atoms with van der Waals surface area (Å²) >= 11 is 7.14. The number of nitrogens with one attached hydrogen (secondary N) is 1. The van der Waals surface area contributed by atoms with Crippen LogP contribution >= 0.6 is 22.9 Å². The number of rotatable bonds is 6. The molecule has 0 aliphatic carbocycles. The number of hydrogen-bond donors (Lipinski definition) is 1. The lowest BCUT2D eigenvalue weighted by atomic mass is 10.0. The first-order valence-electron chi connectivity index (χ1n) is 8.77. The number of anilines is 1. The van der Waals surface area contributed by atoms with Crippen molar-refractivity contribution in [2.45, 2.75) is 6.92 Å². The maximum absolute atomic E-state index is 13.2. The molecule has 0 saturated carbocycles. The standard InChI is InChI=1S/C22H17ClFNO3S/c1-2-28-22(27)20-18(15-7-9-17(24)10-8-15)13-29-21(20)25-19(26)11-6-14-4-3-5-16(23)12-14/h3-13H,2H2,1H3,(H,25,26). The molecule has 148 valence electrons. The quantitative estimate of drug-likeness (QED) is 0.384. The molecule has 0 spiro atoms. The van der Waals surface area contributed by atoms with E-state index < -0.39 is 11.9 Å². The van der Waals surface area contributed by atoms with E-state index in [-0.39, 0.29) is 18.0 Å². The maximum atomic E-state index is 13.2. The minimum absolute atomic E-state index is 0.194. The van der Waals surface area contributed by atoms with E-state index >= 15 is 0 Å². The average Bonchev–Trinajstić information content (AvgIpc) is 3.11. The second-order valence-corrected chi connectivity index (χ2v) is 7.27. The van der Waals surface area contributed by atoms with Crippen LogP contribution < -0.4 is 5.32 Å². The fourth-order valence-electron chi connectivity index (χ4n) is 2.63. The molecule has 1 amide bonds. The van der Waals surface area contributed by atoms with Crippen LogP contribution in [0.4, 0.5) is 9.39 Å². The molecule has 0 aliphatic heterocycles. The van der Waals surface area contributed by atoms with E-state index in [1.165, 1.54) is 29.5 Å². The third-order valence-corrected chi connectivity index (χ3v) is 5.07. The highest BCUT2D eigenvalue weighted by atomic mass is 35.5. The summed E-state index contributed by atoms with van der Waals surface area (Å²) in [5.41, 5.74) is 2.24. The van der Waals surface area contributed by atoms with Crippen molar-refractivity contribution >= 4 is 45.9 Å². The lowest BCUT2D eigenvalue weighted by molar-refractivity contribution is -0.111. The van der Waals surface area contributed by atoms with Crippen LogP contribution in [0.5, 0.6) is 0 Å². The summed E-state index contributed by atoms with van der Waals surface area (Å²) in [6, 6.07) is 12.8. The Morgan fingerprint density at radius 3 is 2.66 bits per heavy atom. The lowest BCUT2D eigenvalue weighted by Gasteiger charge is -2.08. The molecule has 1 heterocycles. The summed E-state index contributed by atoms with van der Waals surface area (Å²) in [5, 5.41) is 5.39. The van der Waals surface area contributed by atoms with Crippen LogP contribution in [0.2, 0.25) is 5.02 Å². The predicted molar refractivity (Wildman–Crippen MR) is 115 cm³/mol. The Labute approximate surface area is 176 Å². The number of halogens is 2. The average molecular weight is 430 g/mol. The number of thiophene rings is 1. The summed E-state index contributed by atoms with van der Waals surface area (Å²) in [6.07, 6.45) is 2.98. The molecule has 2 aromatic carbocycles. The van der Waals surface area contributed by atoms with E-state index in [4.69, 9.17) is 16.3 Å². The summed E-state index contributed by atoms with van der Waals surface area (Å²) in [6.45, 7) is 1.90. The molecule has 1 N–H and O–H groups in total. The Balaban J connectivity index is 1.87. The van der Waals surface area contributed by atoms with E-state index in [2.05, 4.69) is 5.32 Å². The van der Waals surface area contributed by atoms with Gasteiger partial charge in [-0.15, -0.1) is 11.3 Å². The second-order valence-electron chi connectivity index (χ2n) is 5.96. The van der Waals surface area contributed by atoms with Gasteiger partial charge in [0.2, 0.25) is 5.91 Å². The molecule has 0 bridgehead atoms. The second kappa shape index (κ2) is 9.49. The predicted octanol–water partition coefficient (Wildman–Crippen LogP) is 6.04. The first-order chi connectivity index (χ1) is 14.0. The highest BCUT2D eigenvalue weighted by Crippen LogP contribution is 2.36. The number of carbonyl (C=O) groups excluding carboxylic acids is 2. The van der Waals surface area contributed by atoms with Gasteiger partial charge in [0.05, 0.1) is 6.61 Å². The Bertz CT molecular complexity index is 1060. The van der Waals surface area contributed by atoms with Gasteiger partial charge < -0.3 is 10.1 Å². The van der Waals surface area contributed by atoms with Crippen molar-refractivity contribution in [2.24, 2.45) is 0 Å². The molecule has 29 heavy (non-hydrogen) atoms. The van der Waals surface area contributed by atoms with Crippen molar-refractivity contribution < 1.29 is 18.7 Å². The fourth-order valence-corrected chi connectivity index (χ4v) is 3.79. The summed E-state index contributed by atoms with van der Waals surface area (Å²) < 4.78 is 18.4. The molecule has 0 aliphatic rings. The number of ether oxygens (including phenoxy) is 1. The van der Waals surface area contributed by atoms with Gasteiger partial charge >= 0.3 is 5.97 Å². The zero-order valence-electron chi connectivity index (χ0n) is 15.4. The van der Waals surface area contributed by atoms with Gasteiger partial charge in [-0.3, -0.25) is 4.79 Å². The SMILES string of the molecule is CCOC(=O)c1c(-c2ccc(F)cc2)csc1NC(=O)C=Cc1cccc(Cl)c1. The first kappa shape index (κ1) is 20.8. The molecule has 4 nitrogen and oxygen atoms in total. The summed E-state index contributed by atoms with van der Waals surface area (Å²) in [5.74, 6) is -1.33. The van der Waals surface area contributed by atoms with Gasteiger partial charge in [-0.1, -0.05) is 35.9 Å². The highest BCUT2D eigenvalue weighted by molar-refractivity contribution is 7.15. The normalized spacial score (nSPS) is 10.9. The van der Waals surface area contributed by atoms with E-state index in [1.807, 2.05) is 6.07 Å². The molecule has 0 unspecified atom stereocenters. The smallest absolute Gasteiger partial charge is 0.341 e. The third-order valence-electron chi connectivity index (χ3n) is 3.94. The van der Waals surface area contributed by atoms with Crippen molar-refractivity contribution in [2.75, 3.05) is 11.9 Å². The zero-order valence-corrected chi connectivity index (χ0v) is 17.0. The van der Waals surface area contributed by atoms with Gasteiger partial charge in [-0.2, -0.15) is 0 Å². The van der Waals surface area contributed by atoms with E-state index in [0.29, 0.717) is 21.2 Å². The van der Waals surface area contributed by atoms with Crippen LogP contribution in [0.1, 0.15) is 22.8 Å². The number of amides is 1. The van der Waals surface area contributed by atoms with Gasteiger partial charge in [0.15, 0.2) is 0 Å². The molecule has 1 aromatic heterocycles. The van der Waals surface area contributed by atoms with E-state index in [9.17, 15) is 14.0 Å². The first-order valence-corrected chi connectivity index (χ1v) is 10.0. The molecule has 7 heteroatoms. The number of hydrogen-bond acceptors (Lipinski definition) is 4.